The normalized spacial score (nSPS) is 23.7. The zero-order chi connectivity index (χ0) is 13.6. The van der Waals surface area contributed by atoms with Crippen molar-refractivity contribution < 1.29 is 17.9 Å². The second-order valence-electron chi connectivity index (χ2n) is 4.25. The van der Waals surface area contributed by atoms with E-state index in [9.17, 15) is 13.2 Å². The fraction of sp³-hybridized carbons (Fsp3) is 0.364. The summed E-state index contributed by atoms with van der Waals surface area (Å²) in [6, 6.07) is 6.96. The Bertz CT molecular complexity index is 601. The van der Waals surface area contributed by atoms with Crippen LogP contribution in [0.25, 0.3) is 0 Å². The number of halogens is 1. The minimum Gasteiger partial charge on any atom is -0.496 e. The highest BCUT2D eigenvalue weighted by molar-refractivity contribution is 8.12. The average Bonchev–Trinajstić information content (AvgIpc) is 2.25. The summed E-state index contributed by atoms with van der Waals surface area (Å²) in [7, 11) is 2.69. The van der Waals surface area contributed by atoms with Gasteiger partial charge in [-0.3, -0.25) is 4.79 Å². The first kappa shape index (κ1) is 13.2. The Morgan fingerprint density at radius 2 is 2.00 bits per heavy atom. The van der Waals surface area contributed by atoms with Crippen LogP contribution in [-0.4, -0.2) is 25.7 Å². The van der Waals surface area contributed by atoms with Crippen LogP contribution < -0.4 is 4.74 Å². The predicted octanol–water partition coefficient (Wildman–Crippen LogP) is 1.63. The van der Waals surface area contributed by atoms with Crippen LogP contribution in [0.2, 0.25) is 0 Å². The van der Waals surface area contributed by atoms with Crippen LogP contribution in [0.5, 0.6) is 5.75 Å². The van der Waals surface area contributed by atoms with Gasteiger partial charge in [-0.25, -0.2) is 4.31 Å². The van der Waals surface area contributed by atoms with Crippen LogP contribution in [0.4, 0.5) is 0 Å². The molecule has 1 aromatic carbocycles. The van der Waals surface area contributed by atoms with Gasteiger partial charge in [0.05, 0.1) is 19.1 Å². The van der Waals surface area contributed by atoms with E-state index in [1.54, 1.807) is 31.2 Å². The molecule has 2 rings (SSSR count). The number of carbonyl (C=O) groups excluding carboxylic acids is 1. The monoisotopic (exact) mass is 289 g/mol. The lowest BCUT2D eigenvalue weighted by molar-refractivity contribution is -0.144. The van der Waals surface area contributed by atoms with Crippen molar-refractivity contribution in [2.75, 3.05) is 7.11 Å². The van der Waals surface area contributed by atoms with Gasteiger partial charge in [-0.2, -0.15) is 8.42 Å². The molecule has 1 heterocycles. The molecule has 7 heteroatoms. The van der Waals surface area contributed by atoms with Gasteiger partial charge in [-0.1, -0.05) is 18.2 Å². The van der Waals surface area contributed by atoms with Crippen LogP contribution >= 0.6 is 10.7 Å². The zero-order valence-electron chi connectivity index (χ0n) is 9.88. The van der Waals surface area contributed by atoms with E-state index in [2.05, 4.69) is 0 Å². The molecule has 1 aliphatic rings. The maximum atomic E-state index is 11.5. The van der Waals surface area contributed by atoms with Crippen LogP contribution in [-0.2, 0) is 19.6 Å². The second kappa shape index (κ2) is 4.13. The Kier molecular flexibility index (Phi) is 3.03. The largest absolute Gasteiger partial charge is 0.496 e. The van der Waals surface area contributed by atoms with Crippen molar-refractivity contribution >= 4 is 25.8 Å². The van der Waals surface area contributed by atoms with Crippen molar-refractivity contribution in [3.8, 4) is 5.75 Å². The maximum absolute atomic E-state index is 11.5. The molecular weight excluding hydrogens is 278 g/mol. The number of hydrogen-bond acceptors (Lipinski definition) is 4. The number of nitrogens with zero attached hydrogens (tertiary/aromatic N) is 1. The number of ether oxygens (including phenoxy) is 1. The van der Waals surface area contributed by atoms with Crippen molar-refractivity contribution in [1.82, 2.24) is 4.31 Å². The third kappa shape index (κ3) is 1.85. The van der Waals surface area contributed by atoms with Crippen LogP contribution in [0.15, 0.2) is 24.3 Å². The summed E-state index contributed by atoms with van der Waals surface area (Å²) < 4.78 is 28.8. The number of β-lactam (4-membered cyclic amide) rings is 1. The fourth-order valence-corrected chi connectivity index (χ4v) is 3.92. The van der Waals surface area contributed by atoms with Gasteiger partial charge in [-0.15, -0.1) is 0 Å². The highest BCUT2D eigenvalue weighted by Gasteiger charge is 2.55. The smallest absolute Gasteiger partial charge is 0.324 e. The summed E-state index contributed by atoms with van der Waals surface area (Å²) >= 11 is 0. The molecule has 0 bridgehead atoms. The molecule has 1 fully saturated rings. The number of hydrogen-bond donors (Lipinski definition) is 0. The lowest BCUT2D eigenvalue weighted by Gasteiger charge is -2.47. The molecule has 98 valence electrons. The van der Waals surface area contributed by atoms with Crippen molar-refractivity contribution in [2.24, 2.45) is 0 Å². The van der Waals surface area contributed by atoms with Crippen molar-refractivity contribution in [2.45, 2.75) is 18.9 Å². The molecule has 5 nitrogen and oxygen atoms in total. The van der Waals surface area contributed by atoms with E-state index in [0.29, 0.717) is 15.6 Å². The molecule has 0 aliphatic carbocycles. The zero-order valence-corrected chi connectivity index (χ0v) is 11.5. The first-order valence-electron chi connectivity index (χ1n) is 5.22. The number of para-hydroxylation sites is 1. The van der Waals surface area contributed by atoms with Crippen LogP contribution in [0, 0.1) is 0 Å². The Morgan fingerprint density at radius 3 is 2.50 bits per heavy atom. The van der Waals surface area contributed by atoms with Gasteiger partial charge in [0.1, 0.15) is 5.75 Å². The highest BCUT2D eigenvalue weighted by atomic mass is 35.7. The van der Waals surface area contributed by atoms with E-state index in [4.69, 9.17) is 15.4 Å². The number of methoxy groups -OCH3 is 1. The van der Waals surface area contributed by atoms with Gasteiger partial charge < -0.3 is 4.74 Å². The van der Waals surface area contributed by atoms with Gasteiger partial charge in [-0.05, 0) is 13.0 Å². The summed E-state index contributed by atoms with van der Waals surface area (Å²) in [5.41, 5.74) is -0.360. The molecule has 18 heavy (non-hydrogen) atoms. The summed E-state index contributed by atoms with van der Waals surface area (Å²) in [6.45, 7) is 1.65. The predicted molar refractivity (Wildman–Crippen MR) is 66.6 cm³/mol. The van der Waals surface area contributed by atoms with Crippen molar-refractivity contribution in [1.29, 1.82) is 0 Å². The first-order valence-corrected chi connectivity index (χ1v) is 7.48. The second-order valence-corrected chi connectivity index (χ2v) is 6.61. The molecule has 1 aliphatic heterocycles. The lowest BCUT2D eigenvalue weighted by Crippen LogP contribution is -2.60. The Hall–Kier alpha value is -1.27. The number of rotatable bonds is 3. The summed E-state index contributed by atoms with van der Waals surface area (Å²) in [6.07, 6.45) is 0.0827. The van der Waals surface area contributed by atoms with Crippen molar-refractivity contribution in [3.05, 3.63) is 29.8 Å². The van der Waals surface area contributed by atoms with E-state index in [1.165, 1.54) is 7.11 Å². The average molecular weight is 290 g/mol. The van der Waals surface area contributed by atoms with Gasteiger partial charge in [0.15, 0.2) is 0 Å². The standard InChI is InChI=1S/C11H12ClNO4S/c1-11(7-10(14)13(11)18(12,15)16)8-5-3-4-6-9(8)17-2/h3-6H,7H2,1-2H3. The number of benzene rings is 1. The summed E-state index contributed by atoms with van der Waals surface area (Å²) in [4.78, 5) is 11.5. The van der Waals surface area contributed by atoms with Gasteiger partial charge in [0.2, 0.25) is 5.91 Å². The Labute approximate surface area is 110 Å². The molecule has 0 saturated carbocycles. The van der Waals surface area contributed by atoms with E-state index in [1.807, 2.05) is 0 Å². The third-order valence-electron chi connectivity index (χ3n) is 3.08. The third-order valence-corrected chi connectivity index (χ3v) is 4.53. The van der Waals surface area contributed by atoms with Crippen molar-refractivity contribution in [3.63, 3.8) is 0 Å². The molecule has 1 amide bonds. The van der Waals surface area contributed by atoms with Crippen LogP contribution in [0.3, 0.4) is 0 Å². The minimum absolute atomic E-state index is 0.0827. The van der Waals surface area contributed by atoms with E-state index in [-0.39, 0.29) is 6.42 Å². The molecule has 1 aromatic rings. The minimum atomic E-state index is -4.10. The van der Waals surface area contributed by atoms with E-state index < -0.39 is 20.7 Å². The molecule has 1 unspecified atom stereocenters. The highest BCUT2D eigenvalue weighted by Crippen LogP contribution is 2.47. The van der Waals surface area contributed by atoms with Gasteiger partial charge >= 0.3 is 9.24 Å². The molecule has 1 saturated heterocycles. The Balaban J connectivity index is 2.53. The topological polar surface area (TPSA) is 63.7 Å². The molecular formula is C11H12ClNO4S. The first-order chi connectivity index (χ1) is 8.30. The number of carbonyl (C=O) groups is 1. The van der Waals surface area contributed by atoms with Gasteiger partial charge in [0, 0.05) is 16.2 Å². The number of amides is 1. The fourth-order valence-electron chi connectivity index (χ4n) is 2.28. The molecule has 0 spiro atoms. The quantitative estimate of drug-likeness (QED) is 0.627. The van der Waals surface area contributed by atoms with Crippen LogP contribution in [0.1, 0.15) is 18.9 Å². The maximum Gasteiger partial charge on any atom is 0.324 e. The molecule has 1 atom stereocenters. The molecule has 0 N–H and O–H groups in total. The Morgan fingerprint density at radius 1 is 1.39 bits per heavy atom. The lowest BCUT2D eigenvalue weighted by atomic mass is 9.81. The van der Waals surface area contributed by atoms with E-state index in [0.717, 1.165) is 0 Å². The SMILES string of the molecule is COc1ccccc1C1(C)CC(=O)N1S(=O)(=O)Cl. The molecule has 0 radical (unpaired) electrons. The summed E-state index contributed by atoms with van der Waals surface area (Å²) in [5.74, 6) is 0.0104. The van der Waals surface area contributed by atoms with Gasteiger partial charge in [0.25, 0.3) is 0 Å². The van der Waals surface area contributed by atoms with E-state index >= 15 is 0 Å². The summed E-state index contributed by atoms with van der Waals surface area (Å²) in [5, 5.41) is 0. The molecule has 0 aromatic heterocycles.